The van der Waals surface area contributed by atoms with Gasteiger partial charge in [0.2, 0.25) is 0 Å². The standard InChI is InChI=1S/C11H9BrN2O2S/c1-6-2-3-7(12)8(4-6)13-11-14-9(5-17-11)10(15)16/h2-5H,1H3,(H,13,14)(H,15,16). The van der Waals surface area contributed by atoms with Gasteiger partial charge in [-0.1, -0.05) is 6.07 Å². The minimum absolute atomic E-state index is 0.0567. The molecule has 0 spiro atoms. The number of thiazole rings is 1. The largest absolute Gasteiger partial charge is 0.476 e. The Morgan fingerprint density at radius 2 is 2.29 bits per heavy atom. The van der Waals surface area contributed by atoms with E-state index in [0.717, 1.165) is 15.7 Å². The van der Waals surface area contributed by atoms with Gasteiger partial charge in [-0.15, -0.1) is 11.3 Å². The molecule has 1 aromatic carbocycles. The van der Waals surface area contributed by atoms with E-state index in [1.54, 1.807) is 0 Å². The quantitative estimate of drug-likeness (QED) is 0.908. The van der Waals surface area contributed by atoms with E-state index in [2.05, 4.69) is 26.2 Å². The van der Waals surface area contributed by atoms with Crippen LogP contribution in [0.15, 0.2) is 28.1 Å². The lowest BCUT2D eigenvalue weighted by Crippen LogP contribution is -1.97. The molecule has 0 unspecified atom stereocenters. The SMILES string of the molecule is Cc1ccc(Br)c(Nc2nc(C(=O)O)cs2)c1. The molecule has 0 bridgehead atoms. The average Bonchev–Trinajstić information content (AvgIpc) is 2.72. The summed E-state index contributed by atoms with van der Waals surface area (Å²) in [5.41, 5.74) is 2.04. The van der Waals surface area contributed by atoms with Crippen molar-refractivity contribution >= 4 is 44.1 Å². The normalized spacial score (nSPS) is 10.2. The maximum absolute atomic E-state index is 10.7. The van der Waals surface area contributed by atoms with Crippen LogP contribution in [0.25, 0.3) is 0 Å². The van der Waals surface area contributed by atoms with Crippen molar-refractivity contribution < 1.29 is 9.90 Å². The Hall–Kier alpha value is -1.40. The molecule has 88 valence electrons. The van der Waals surface area contributed by atoms with E-state index in [1.165, 1.54) is 16.7 Å². The topological polar surface area (TPSA) is 62.2 Å². The molecule has 0 atom stereocenters. The van der Waals surface area contributed by atoms with Gasteiger partial charge >= 0.3 is 5.97 Å². The van der Waals surface area contributed by atoms with E-state index in [4.69, 9.17) is 5.11 Å². The molecule has 1 aromatic heterocycles. The second-order valence-electron chi connectivity index (χ2n) is 3.45. The summed E-state index contributed by atoms with van der Waals surface area (Å²) >= 11 is 4.69. The molecular weight excluding hydrogens is 304 g/mol. The molecule has 0 aliphatic carbocycles. The summed E-state index contributed by atoms with van der Waals surface area (Å²) in [4.78, 5) is 14.7. The third kappa shape index (κ3) is 2.83. The van der Waals surface area contributed by atoms with Gasteiger partial charge in [-0.3, -0.25) is 0 Å². The van der Waals surface area contributed by atoms with Crippen LogP contribution >= 0.6 is 27.3 Å². The molecule has 2 N–H and O–H groups in total. The third-order valence-electron chi connectivity index (χ3n) is 2.09. The number of nitrogens with one attached hydrogen (secondary N) is 1. The Balaban J connectivity index is 2.25. The minimum atomic E-state index is -1.02. The summed E-state index contributed by atoms with van der Waals surface area (Å²) in [6.07, 6.45) is 0. The van der Waals surface area contributed by atoms with Crippen LogP contribution in [-0.2, 0) is 0 Å². The molecule has 6 heteroatoms. The van der Waals surface area contributed by atoms with Crippen molar-refractivity contribution in [3.63, 3.8) is 0 Å². The lowest BCUT2D eigenvalue weighted by molar-refractivity contribution is 0.0691. The molecule has 0 aliphatic heterocycles. The van der Waals surface area contributed by atoms with Crippen molar-refractivity contribution in [2.75, 3.05) is 5.32 Å². The summed E-state index contributed by atoms with van der Waals surface area (Å²) in [5, 5.41) is 13.9. The summed E-state index contributed by atoms with van der Waals surface area (Å²) in [6.45, 7) is 1.99. The zero-order valence-electron chi connectivity index (χ0n) is 8.90. The van der Waals surface area contributed by atoms with Crippen LogP contribution in [0.4, 0.5) is 10.8 Å². The van der Waals surface area contributed by atoms with Gasteiger partial charge in [0.1, 0.15) is 0 Å². The van der Waals surface area contributed by atoms with Crippen LogP contribution in [0.1, 0.15) is 16.1 Å². The van der Waals surface area contributed by atoms with E-state index >= 15 is 0 Å². The second-order valence-corrected chi connectivity index (χ2v) is 5.16. The fraction of sp³-hybridized carbons (Fsp3) is 0.0909. The molecule has 0 radical (unpaired) electrons. The van der Waals surface area contributed by atoms with Gasteiger partial charge in [0.15, 0.2) is 10.8 Å². The predicted octanol–water partition coefficient (Wildman–Crippen LogP) is 3.66. The van der Waals surface area contributed by atoms with Crippen LogP contribution < -0.4 is 5.32 Å². The van der Waals surface area contributed by atoms with E-state index in [0.29, 0.717) is 5.13 Å². The number of halogens is 1. The summed E-state index contributed by atoms with van der Waals surface area (Å²) in [5.74, 6) is -1.02. The van der Waals surface area contributed by atoms with Crippen molar-refractivity contribution in [1.82, 2.24) is 4.98 Å². The lowest BCUT2D eigenvalue weighted by Gasteiger charge is -2.06. The Labute approximate surface area is 110 Å². The fourth-order valence-electron chi connectivity index (χ4n) is 1.28. The van der Waals surface area contributed by atoms with Gasteiger partial charge < -0.3 is 10.4 Å². The Morgan fingerprint density at radius 1 is 1.53 bits per heavy atom. The number of carboxylic acid groups (broad SMARTS) is 1. The summed E-state index contributed by atoms with van der Waals surface area (Å²) in [6, 6.07) is 5.88. The number of hydrogen-bond acceptors (Lipinski definition) is 4. The molecule has 0 saturated carbocycles. The average molecular weight is 313 g/mol. The number of aromatic carboxylic acids is 1. The monoisotopic (exact) mass is 312 g/mol. The molecule has 0 aliphatic rings. The Kier molecular flexibility index (Phi) is 3.44. The van der Waals surface area contributed by atoms with Crippen LogP contribution in [-0.4, -0.2) is 16.1 Å². The van der Waals surface area contributed by atoms with Gasteiger partial charge in [0, 0.05) is 9.85 Å². The first-order valence-corrected chi connectivity index (χ1v) is 6.45. The lowest BCUT2D eigenvalue weighted by atomic mass is 10.2. The minimum Gasteiger partial charge on any atom is -0.476 e. The number of carboxylic acids is 1. The molecule has 0 saturated heterocycles. The Bertz CT molecular complexity index is 568. The van der Waals surface area contributed by atoms with E-state index < -0.39 is 5.97 Å². The van der Waals surface area contributed by atoms with E-state index in [9.17, 15) is 4.79 Å². The molecule has 17 heavy (non-hydrogen) atoms. The van der Waals surface area contributed by atoms with Gasteiger partial charge in [0.25, 0.3) is 0 Å². The van der Waals surface area contributed by atoms with Crippen molar-refractivity contribution in [3.05, 3.63) is 39.3 Å². The van der Waals surface area contributed by atoms with Crippen molar-refractivity contribution in [2.24, 2.45) is 0 Å². The smallest absolute Gasteiger partial charge is 0.355 e. The van der Waals surface area contributed by atoms with Crippen molar-refractivity contribution in [1.29, 1.82) is 0 Å². The molecular formula is C11H9BrN2O2S. The van der Waals surface area contributed by atoms with Crippen LogP contribution in [0.2, 0.25) is 0 Å². The highest BCUT2D eigenvalue weighted by atomic mass is 79.9. The molecule has 0 fully saturated rings. The Morgan fingerprint density at radius 3 is 2.94 bits per heavy atom. The number of anilines is 2. The maximum Gasteiger partial charge on any atom is 0.355 e. The number of nitrogens with zero attached hydrogens (tertiary/aromatic N) is 1. The highest BCUT2D eigenvalue weighted by Gasteiger charge is 2.09. The zero-order valence-corrected chi connectivity index (χ0v) is 11.3. The first kappa shape index (κ1) is 12.1. The number of aromatic nitrogens is 1. The number of benzene rings is 1. The van der Waals surface area contributed by atoms with Crippen molar-refractivity contribution in [2.45, 2.75) is 6.92 Å². The highest BCUT2D eigenvalue weighted by Crippen LogP contribution is 2.28. The highest BCUT2D eigenvalue weighted by molar-refractivity contribution is 9.10. The van der Waals surface area contributed by atoms with Gasteiger partial charge in [0.05, 0.1) is 5.69 Å². The zero-order chi connectivity index (χ0) is 12.4. The number of rotatable bonds is 3. The summed E-state index contributed by atoms with van der Waals surface area (Å²) < 4.78 is 0.912. The fourth-order valence-corrected chi connectivity index (χ4v) is 2.32. The predicted molar refractivity (Wildman–Crippen MR) is 71.2 cm³/mol. The molecule has 0 amide bonds. The van der Waals surface area contributed by atoms with Crippen LogP contribution in [0.3, 0.4) is 0 Å². The molecule has 2 aromatic rings. The van der Waals surface area contributed by atoms with Crippen LogP contribution in [0, 0.1) is 6.92 Å². The molecule has 4 nitrogen and oxygen atoms in total. The van der Waals surface area contributed by atoms with Gasteiger partial charge in [-0.2, -0.15) is 0 Å². The van der Waals surface area contributed by atoms with E-state index in [-0.39, 0.29) is 5.69 Å². The van der Waals surface area contributed by atoms with E-state index in [1.807, 2.05) is 25.1 Å². The number of hydrogen-bond donors (Lipinski definition) is 2. The maximum atomic E-state index is 10.7. The van der Waals surface area contributed by atoms with Gasteiger partial charge in [-0.05, 0) is 40.5 Å². The van der Waals surface area contributed by atoms with Crippen molar-refractivity contribution in [3.8, 4) is 0 Å². The first-order chi connectivity index (χ1) is 8.06. The number of carbonyl (C=O) groups is 1. The summed E-state index contributed by atoms with van der Waals surface area (Å²) in [7, 11) is 0. The molecule has 2 rings (SSSR count). The second kappa shape index (κ2) is 4.85. The number of aryl methyl sites for hydroxylation is 1. The third-order valence-corrected chi connectivity index (χ3v) is 3.54. The first-order valence-electron chi connectivity index (χ1n) is 4.78. The van der Waals surface area contributed by atoms with Gasteiger partial charge in [-0.25, -0.2) is 9.78 Å². The molecule has 1 heterocycles. The van der Waals surface area contributed by atoms with Crippen LogP contribution in [0.5, 0.6) is 0 Å².